The predicted molar refractivity (Wildman–Crippen MR) is 108 cm³/mol. The summed E-state index contributed by atoms with van der Waals surface area (Å²) in [5, 5.41) is 2.20. The summed E-state index contributed by atoms with van der Waals surface area (Å²) >= 11 is 1.62. The Balaban J connectivity index is 1.53. The predicted octanol–water partition coefficient (Wildman–Crippen LogP) is 4.09. The third-order valence-electron chi connectivity index (χ3n) is 4.25. The topological polar surface area (TPSA) is 79.6 Å². The normalized spacial score (nSPS) is 15.7. The van der Waals surface area contributed by atoms with Gasteiger partial charge in [0.2, 0.25) is 0 Å². The van der Waals surface area contributed by atoms with Gasteiger partial charge in [-0.1, -0.05) is 42.1 Å². The van der Waals surface area contributed by atoms with Crippen molar-refractivity contribution in [2.75, 3.05) is 0 Å². The van der Waals surface area contributed by atoms with Crippen LogP contribution in [0.4, 0.5) is 4.79 Å². The number of amides is 4. The van der Waals surface area contributed by atoms with E-state index in [1.165, 1.54) is 12.3 Å². The van der Waals surface area contributed by atoms with Crippen molar-refractivity contribution in [3.63, 3.8) is 0 Å². The van der Waals surface area contributed by atoms with Crippen molar-refractivity contribution in [2.45, 2.75) is 16.3 Å². The Kier molecular flexibility index (Phi) is 5.31. The van der Waals surface area contributed by atoms with E-state index in [1.54, 1.807) is 23.9 Å². The standard InChI is InChI=1S/C22H16N2O4S/c25-20-19(21(26)24(22(27)23-20)14-16-5-4-12-28-16)13-15-8-10-18(11-9-15)29-17-6-2-1-3-7-17/h1-13H,14H2,(H,23,25,27). The molecule has 1 saturated heterocycles. The highest BCUT2D eigenvalue weighted by Gasteiger charge is 2.36. The molecule has 1 aromatic heterocycles. The van der Waals surface area contributed by atoms with Crippen LogP contribution in [0.1, 0.15) is 11.3 Å². The molecule has 2 heterocycles. The summed E-state index contributed by atoms with van der Waals surface area (Å²) in [6, 6.07) is 20.0. The van der Waals surface area contributed by atoms with Gasteiger partial charge in [0, 0.05) is 9.79 Å². The zero-order valence-electron chi connectivity index (χ0n) is 15.2. The zero-order valence-corrected chi connectivity index (χ0v) is 16.0. The maximum atomic E-state index is 12.7. The minimum absolute atomic E-state index is 0.0467. The lowest BCUT2D eigenvalue weighted by molar-refractivity contribution is -0.130. The van der Waals surface area contributed by atoms with Crippen LogP contribution in [0, 0.1) is 0 Å². The summed E-state index contributed by atoms with van der Waals surface area (Å²) < 4.78 is 5.19. The molecule has 0 bridgehead atoms. The molecule has 144 valence electrons. The number of hydrogen-bond acceptors (Lipinski definition) is 5. The highest BCUT2D eigenvalue weighted by molar-refractivity contribution is 7.99. The summed E-state index contributed by atoms with van der Waals surface area (Å²) in [5.74, 6) is -0.916. The number of carbonyl (C=O) groups is 3. The monoisotopic (exact) mass is 404 g/mol. The van der Waals surface area contributed by atoms with Gasteiger partial charge in [-0.25, -0.2) is 4.79 Å². The van der Waals surface area contributed by atoms with Crippen molar-refractivity contribution in [1.82, 2.24) is 10.2 Å². The second kappa shape index (κ2) is 8.20. The Hall–Kier alpha value is -3.58. The number of nitrogens with one attached hydrogen (secondary N) is 1. The van der Waals surface area contributed by atoms with Crippen LogP contribution in [0.5, 0.6) is 0 Å². The van der Waals surface area contributed by atoms with E-state index in [-0.39, 0.29) is 12.1 Å². The van der Waals surface area contributed by atoms with E-state index in [9.17, 15) is 14.4 Å². The van der Waals surface area contributed by atoms with Crippen LogP contribution in [0.2, 0.25) is 0 Å². The van der Waals surface area contributed by atoms with Gasteiger partial charge < -0.3 is 4.42 Å². The molecule has 4 rings (SSSR count). The van der Waals surface area contributed by atoms with Crippen molar-refractivity contribution in [3.05, 3.63) is 89.9 Å². The van der Waals surface area contributed by atoms with Gasteiger partial charge in [-0.15, -0.1) is 0 Å². The lowest BCUT2D eigenvalue weighted by Crippen LogP contribution is -2.53. The molecule has 0 saturated carbocycles. The average molecular weight is 404 g/mol. The van der Waals surface area contributed by atoms with Gasteiger partial charge in [-0.2, -0.15) is 0 Å². The highest BCUT2D eigenvalue weighted by Crippen LogP contribution is 2.28. The molecule has 7 heteroatoms. The first-order valence-electron chi connectivity index (χ1n) is 8.84. The number of nitrogens with zero attached hydrogens (tertiary/aromatic N) is 1. The van der Waals surface area contributed by atoms with Gasteiger partial charge in [-0.05, 0) is 48.0 Å². The SMILES string of the molecule is O=C1NC(=O)N(Cc2ccco2)C(=O)C1=Cc1ccc(Sc2ccccc2)cc1. The largest absolute Gasteiger partial charge is 0.467 e. The number of carbonyl (C=O) groups excluding carboxylic acids is 3. The Morgan fingerprint density at radius 1 is 0.897 bits per heavy atom. The Morgan fingerprint density at radius 2 is 1.62 bits per heavy atom. The van der Waals surface area contributed by atoms with E-state index in [2.05, 4.69) is 5.32 Å². The second-order valence-electron chi connectivity index (χ2n) is 6.27. The number of furan rings is 1. The maximum absolute atomic E-state index is 12.7. The fourth-order valence-corrected chi connectivity index (χ4v) is 3.66. The fourth-order valence-electron chi connectivity index (χ4n) is 2.82. The second-order valence-corrected chi connectivity index (χ2v) is 7.42. The third-order valence-corrected chi connectivity index (χ3v) is 5.27. The van der Waals surface area contributed by atoms with Gasteiger partial charge in [0.25, 0.3) is 11.8 Å². The minimum atomic E-state index is -0.761. The van der Waals surface area contributed by atoms with Crippen LogP contribution < -0.4 is 5.32 Å². The lowest BCUT2D eigenvalue weighted by atomic mass is 10.1. The Morgan fingerprint density at radius 3 is 2.31 bits per heavy atom. The Bertz CT molecular complexity index is 1070. The van der Waals surface area contributed by atoms with Gasteiger partial charge in [0.05, 0.1) is 12.8 Å². The first-order valence-corrected chi connectivity index (χ1v) is 9.66. The molecule has 2 aromatic carbocycles. The number of rotatable bonds is 5. The van der Waals surface area contributed by atoms with Crippen molar-refractivity contribution in [2.24, 2.45) is 0 Å². The molecule has 0 unspecified atom stereocenters. The van der Waals surface area contributed by atoms with E-state index < -0.39 is 17.8 Å². The first kappa shape index (κ1) is 18.8. The van der Waals surface area contributed by atoms with E-state index in [0.29, 0.717) is 11.3 Å². The van der Waals surface area contributed by atoms with Gasteiger partial charge in [0.1, 0.15) is 11.3 Å². The summed E-state index contributed by atoms with van der Waals surface area (Å²) in [6.07, 6.45) is 2.94. The summed E-state index contributed by atoms with van der Waals surface area (Å²) in [7, 11) is 0. The summed E-state index contributed by atoms with van der Waals surface area (Å²) in [5.41, 5.74) is 0.591. The minimum Gasteiger partial charge on any atom is -0.467 e. The van der Waals surface area contributed by atoms with E-state index >= 15 is 0 Å². The third kappa shape index (κ3) is 4.30. The van der Waals surface area contributed by atoms with Crippen LogP contribution in [0.25, 0.3) is 6.08 Å². The quantitative estimate of drug-likeness (QED) is 0.512. The molecule has 1 fully saturated rings. The highest BCUT2D eigenvalue weighted by atomic mass is 32.2. The van der Waals surface area contributed by atoms with E-state index in [1.807, 2.05) is 54.6 Å². The van der Waals surface area contributed by atoms with Crippen LogP contribution in [0.3, 0.4) is 0 Å². The molecule has 1 N–H and O–H groups in total. The summed E-state index contributed by atoms with van der Waals surface area (Å²) in [6.45, 7) is -0.0467. The molecule has 0 atom stereocenters. The van der Waals surface area contributed by atoms with Crippen molar-refractivity contribution in [1.29, 1.82) is 0 Å². The number of benzene rings is 2. The average Bonchev–Trinajstić information content (AvgIpc) is 3.24. The molecule has 4 amide bonds. The van der Waals surface area contributed by atoms with Crippen molar-refractivity contribution < 1.29 is 18.8 Å². The molecule has 3 aromatic rings. The molecule has 0 spiro atoms. The Labute approximate surface area is 171 Å². The number of hydrogen-bond donors (Lipinski definition) is 1. The fraction of sp³-hybridized carbons (Fsp3) is 0.0455. The molecule has 0 radical (unpaired) electrons. The number of imide groups is 2. The molecule has 1 aliphatic heterocycles. The molecular weight excluding hydrogens is 388 g/mol. The van der Waals surface area contributed by atoms with Crippen molar-refractivity contribution in [3.8, 4) is 0 Å². The molecule has 1 aliphatic rings. The van der Waals surface area contributed by atoms with Crippen LogP contribution in [-0.2, 0) is 16.1 Å². The number of barbiturate groups is 1. The molecular formula is C22H16N2O4S. The van der Waals surface area contributed by atoms with E-state index in [0.717, 1.165) is 14.7 Å². The van der Waals surface area contributed by atoms with Gasteiger partial charge in [0.15, 0.2) is 0 Å². The maximum Gasteiger partial charge on any atom is 0.331 e. The van der Waals surface area contributed by atoms with Crippen LogP contribution in [0.15, 0.2) is 92.8 Å². The van der Waals surface area contributed by atoms with Gasteiger partial charge in [-0.3, -0.25) is 19.8 Å². The first-order chi connectivity index (χ1) is 14.1. The molecule has 0 aliphatic carbocycles. The smallest absolute Gasteiger partial charge is 0.331 e. The summed E-state index contributed by atoms with van der Waals surface area (Å²) in [4.78, 5) is 40.1. The van der Waals surface area contributed by atoms with Crippen molar-refractivity contribution >= 4 is 35.7 Å². The molecule has 6 nitrogen and oxygen atoms in total. The zero-order chi connectivity index (χ0) is 20.2. The molecule has 29 heavy (non-hydrogen) atoms. The van der Waals surface area contributed by atoms with Gasteiger partial charge >= 0.3 is 6.03 Å². The van der Waals surface area contributed by atoms with Crippen LogP contribution in [-0.4, -0.2) is 22.7 Å². The van der Waals surface area contributed by atoms with E-state index in [4.69, 9.17) is 4.42 Å². The number of urea groups is 1. The lowest BCUT2D eigenvalue weighted by Gasteiger charge is -2.25. The van der Waals surface area contributed by atoms with Crippen LogP contribution >= 0.6 is 11.8 Å².